The number of hydrogen-bond acceptors (Lipinski definition) is 6. The van der Waals surface area contributed by atoms with Crippen LogP contribution in [-0.4, -0.2) is 39.4 Å². The van der Waals surface area contributed by atoms with Crippen molar-refractivity contribution in [1.29, 1.82) is 0 Å². The lowest BCUT2D eigenvalue weighted by atomic mass is 10.0. The zero-order valence-corrected chi connectivity index (χ0v) is 14.7. The molecule has 0 unspecified atom stereocenters. The second-order valence-corrected chi connectivity index (χ2v) is 5.57. The molecule has 0 aliphatic rings. The van der Waals surface area contributed by atoms with Gasteiger partial charge in [0.1, 0.15) is 5.82 Å². The summed E-state index contributed by atoms with van der Waals surface area (Å²) in [5.41, 5.74) is 9.47. The van der Waals surface area contributed by atoms with Crippen molar-refractivity contribution in [2.45, 2.75) is 12.8 Å². The van der Waals surface area contributed by atoms with E-state index in [1.165, 1.54) is 0 Å². The second kappa shape index (κ2) is 8.53. The van der Waals surface area contributed by atoms with Crippen molar-refractivity contribution in [3.63, 3.8) is 0 Å². The first-order valence-electron chi connectivity index (χ1n) is 7.91. The summed E-state index contributed by atoms with van der Waals surface area (Å²) in [5, 5.41) is 20.3. The summed E-state index contributed by atoms with van der Waals surface area (Å²) in [5.74, 6) is -1.80. The minimum Gasteiger partial charge on any atom is -0.475 e. The Balaban J connectivity index is 0.000000345. The maximum Gasteiger partial charge on any atom is 0.490 e. The fourth-order valence-corrected chi connectivity index (χ4v) is 2.37. The third kappa shape index (κ3) is 5.07. The summed E-state index contributed by atoms with van der Waals surface area (Å²) in [6, 6.07) is 13.8. The predicted molar refractivity (Wildman–Crippen MR) is 98.5 cm³/mol. The Hall–Kier alpha value is -3.40. The van der Waals surface area contributed by atoms with Gasteiger partial charge in [-0.1, -0.05) is 24.3 Å². The molecule has 2 aromatic carbocycles. The average Bonchev–Trinajstić information content (AvgIpc) is 2.66. The van der Waals surface area contributed by atoms with Crippen LogP contribution in [0.5, 0.6) is 0 Å². The highest BCUT2D eigenvalue weighted by Crippen LogP contribution is 2.27. The molecule has 148 valence electrons. The Morgan fingerprint density at radius 1 is 1.14 bits per heavy atom. The summed E-state index contributed by atoms with van der Waals surface area (Å²) < 4.78 is 31.7. The van der Waals surface area contributed by atoms with Gasteiger partial charge in [-0.15, -0.1) is 0 Å². The van der Waals surface area contributed by atoms with Gasteiger partial charge in [0.05, 0.1) is 12.1 Å². The Morgan fingerprint density at radius 3 is 2.36 bits per heavy atom. The number of hydrogen-bond donors (Lipinski definition) is 4. The molecule has 1 heterocycles. The van der Waals surface area contributed by atoms with E-state index in [-0.39, 0.29) is 12.6 Å². The quantitative estimate of drug-likeness (QED) is 0.539. The minimum absolute atomic E-state index is 0.0282. The van der Waals surface area contributed by atoms with E-state index in [4.69, 9.17) is 15.6 Å². The smallest absolute Gasteiger partial charge is 0.475 e. The highest BCUT2D eigenvalue weighted by Gasteiger charge is 2.38. The van der Waals surface area contributed by atoms with Crippen LogP contribution in [0.4, 0.5) is 24.9 Å². The van der Waals surface area contributed by atoms with Crippen LogP contribution in [0.15, 0.2) is 42.5 Å². The lowest BCUT2D eigenvalue weighted by molar-refractivity contribution is -0.192. The number of aliphatic carboxylic acids is 1. The number of carbonyl (C=O) groups is 1. The topological polar surface area (TPSA) is 121 Å². The number of nitrogens with one attached hydrogen (secondary N) is 1. The van der Waals surface area contributed by atoms with Crippen LogP contribution in [0.3, 0.4) is 0 Å². The van der Waals surface area contributed by atoms with Gasteiger partial charge in [0.2, 0.25) is 5.95 Å². The summed E-state index contributed by atoms with van der Waals surface area (Å²) in [6.07, 6.45) is -5.08. The molecule has 0 aliphatic heterocycles. The summed E-state index contributed by atoms with van der Waals surface area (Å²) in [6.45, 7) is 0.0282. The van der Waals surface area contributed by atoms with E-state index >= 15 is 0 Å². The molecule has 0 radical (unpaired) electrons. The first-order chi connectivity index (χ1) is 13.2. The Kier molecular flexibility index (Phi) is 6.37. The first kappa shape index (κ1) is 20.9. The largest absolute Gasteiger partial charge is 0.490 e. The number of rotatable bonds is 3. The van der Waals surface area contributed by atoms with Gasteiger partial charge in [-0.05, 0) is 34.9 Å². The number of fused-ring (bicyclic) bond motifs is 1. The fraction of sp³-hybridized carbons (Fsp3) is 0.167. The van der Waals surface area contributed by atoms with E-state index in [2.05, 4.69) is 15.3 Å². The Bertz CT molecular complexity index is 993. The third-order valence-corrected chi connectivity index (χ3v) is 3.64. The number of aliphatic hydroxyl groups excluding tert-OH is 1. The monoisotopic (exact) mass is 394 g/mol. The van der Waals surface area contributed by atoms with E-state index in [1.807, 2.05) is 42.5 Å². The Morgan fingerprint density at radius 2 is 1.79 bits per heavy atom. The van der Waals surface area contributed by atoms with Gasteiger partial charge in [0.15, 0.2) is 0 Å². The maximum absolute atomic E-state index is 10.6. The molecule has 0 spiro atoms. The van der Waals surface area contributed by atoms with E-state index < -0.39 is 12.1 Å². The first-order valence-corrected chi connectivity index (χ1v) is 7.91. The number of nitrogens with zero attached hydrogens (tertiary/aromatic N) is 2. The number of aliphatic hydroxyl groups is 1. The van der Waals surface area contributed by atoms with Crippen molar-refractivity contribution < 1.29 is 28.2 Å². The van der Waals surface area contributed by atoms with Crippen molar-refractivity contribution in [1.82, 2.24) is 9.97 Å². The molecule has 7 nitrogen and oxygen atoms in total. The number of nitrogen functional groups attached to an aromatic ring is 1. The highest BCUT2D eigenvalue weighted by molar-refractivity contribution is 5.92. The van der Waals surface area contributed by atoms with Gasteiger partial charge in [-0.2, -0.15) is 18.2 Å². The van der Waals surface area contributed by atoms with Crippen LogP contribution >= 0.6 is 0 Å². The fourth-order valence-electron chi connectivity index (χ4n) is 2.37. The molecular formula is C18H17F3N4O3. The van der Waals surface area contributed by atoms with Crippen LogP contribution in [0.25, 0.3) is 22.0 Å². The van der Waals surface area contributed by atoms with E-state index in [1.54, 1.807) is 7.05 Å². The lowest BCUT2D eigenvalue weighted by Crippen LogP contribution is -2.21. The molecule has 0 bridgehead atoms. The summed E-state index contributed by atoms with van der Waals surface area (Å²) >= 11 is 0. The number of aromatic nitrogens is 2. The number of anilines is 2. The number of alkyl halides is 3. The predicted octanol–water partition coefficient (Wildman–Crippen LogP) is 3.05. The zero-order chi connectivity index (χ0) is 20.9. The molecule has 0 saturated heterocycles. The third-order valence-electron chi connectivity index (χ3n) is 3.64. The van der Waals surface area contributed by atoms with Crippen molar-refractivity contribution in [2.24, 2.45) is 0 Å². The number of halogens is 3. The molecule has 0 saturated carbocycles. The molecule has 28 heavy (non-hydrogen) atoms. The van der Waals surface area contributed by atoms with Gasteiger partial charge in [-0.3, -0.25) is 0 Å². The van der Waals surface area contributed by atoms with Gasteiger partial charge in [-0.25, -0.2) is 9.78 Å². The molecule has 0 amide bonds. The van der Waals surface area contributed by atoms with Crippen LogP contribution in [0.2, 0.25) is 0 Å². The van der Waals surface area contributed by atoms with Gasteiger partial charge in [0, 0.05) is 12.4 Å². The molecule has 1 aromatic heterocycles. The van der Waals surface area contributed by atoms with Crippen LogP contribution in [0, 0.1) is 0 Å². The van der Waals surface area contributed by atoms with Crippen molar-refractivity contribution in [3.05, 3.63) is 48.0 Å². The SMILES string of the molecule is CNc1nc(N)nc2cc(-c3cccc(CO)c3)ccc12.O=C(O)C(F)(F)F. The number of nitrogens with two attached hydrogens (primary N) is 1. The highest BCUT2D eigenvalue weighted by atomic mass is 19.4. The summed E-state index contributed by atoms with van der Waals surface area (Å²) in [4.78, 5) is 17.4. The molecule has 3 aromatic rings. The molecule has 0 atom stereocenters. The molecule has 10 heteroatoms. The van der Waals surface area contributed by atoms with E-state index in [0.717, 1.165) is 27.6 Å². The van der Waals surface area contributed by atoms with Gasteiger partial charge >= 0.3 is 12.1 Å². The average molecular weight is 394 g/mol. The molecule has 3 rings (SSSR count). The zero-order valence-electron chi connectivity index (χ0n) is 14.7. The normalized spacial score (nSPS) is 10.9. The molecular weight excluding hydrogens is 377 g/mol. The Labute approximate surface area is 157 Å². The minimum atomic E-state index is -5.08. The number of carboxylic acids is 1. The molecule has 0 aliphatic carbocycles. The maximum atomic E-state index is 10.6. The summed E-state index contributed by atoms with van der Waals surface area (Å²) in [7, 11) is 1.81. The standard InChI is InChI=1S/C16H16N4O.C2HF3O2/c1-18-15-13-6-5-12(8-14(13)19-16(17)20-15)11-4-2-3-10(7-11)9-21;3-2(4,5)1(6)7/h2-8,21H,9H2,1H3,(H3,17,18,19,20);(H,6,7). The van der Waals surface area contributed by atoms with Crippen molar-refractivity contribution in [2.75, 3.05) is 18.1 Å². The van der Waals surface area contributed by atoms with Gasteiger partial charge < -0.3 is 21.3 Å². The van der Waals surface area contributed by atoms with Crippen molar-refractivity contribution >= 4 is 28.6 Å². The van der Waals surface area contributed by atoms with Crippen LogP contribution in [0.1, 0.15) is 5.56 Å². The molecule has 5 N–H and O–H groups in total. The van der Waals surface area contributed by atoms with E-state index in [0.29, 0.717) is 5.82 Å². The number of carboxylic acid groups (broad SMARTS) is 1. The lowest BCUT2D eigenvalue weighted by Gasteiger charge is -2.08. The van der Waals surface area contributed by atoms with Gasteiger partial charge in [0.25, 0.3) is 0 Å². The second-order valence-electron chi connectivity index (χ2n) is 5.57. The number of benzene rings is 2. The van der Waals surface area contributed by atoms with Crippen molar-refractivity contribution in [3.8, 4) is 11.1 Å². The van der Waals surface area contributed by atoms with Crippen LogP contribution in [-0.2, 0) is 11.4 Å². The van der Waals surface area contributed by atoms with Crippen LogP contribution < -0.4 is 11.1 Å². The van der Waals surface area contributed by atoms with E-state index in [9.17, 15) is 18.3 Å². The molecule has 0 fully saturated rings.